The fourth-order valence-electron chi connectivity index (χ4n) is 1.44. The summed E-state index contributed by atoms with van der Waals surface area (Å²) >= 11 is 0. The number of nitrogens with zero attached hydrogens (tertiary/aromatic N) is 2. The van der Waals surface area contributed by atoms with Crippen LogP contribution in [0.1, 0.15) is 25.1 Å². The molecular weight excluding hydrogens is 212 g/mol. The van der Waals surface area contributed by atoms with Crippen LogP contribution >= 0.6 is 0 Å². The van der Waals surface area contributed by atoms with Crippen molar-refractivity contribution in [3.05, 3.63) is 35.5 Å². The summed E-state index contributed by atoms with van der Waals surface area (Å²) in [5.41, 5.74) is 2.51. The zero-order chi connectivity index (χ0) is 9.26. The van der Waals surface area contributed by atoms with Crippen LogP contribution < -0.4 is 0 Å². The molecule has 2 rings (SSSR count). The number of aryl methyl sites for hydroxylation is 1. The van der Waals surface area contributed by atoms with Crippen molar-refractivity contribution in [1.29, 1.82) is 0 Å². The smallest absolute Gasteiger partial charge is 0.0508 e. The molecule has 0 aromatic carbocycles. The van der Waals surface area contributed by atoms with Gasteiger partial charge >= 0.3 is 0 Å². The molecule has 0 bridgehead atoms. The third-order valence-corrected chi connectivity index (χ3v) is 2.28. The Morgan fingerprint density at radius 1 is 1.43 bits per heavy atom. The van der Waals surface area contributed by atoms with Crippen molar-refractivity contribution >= 4 is 12.3 Å². The molecule has 3 heteroatoms. The van der Waals surface area contributed by atoms with Crippen molar-refractivity contribution in [2.45, 2.75) is 20.3 Å². The molecule has 0 saturated heterocycles. The van der Waals surface area contributed by atoms with E-state index in [-0.39, 0.29) is 17.4 Å². The Morgan fingerprint density at radius 3 is 2.93 bits per heavy atom. The van der Waals surface area contributed by atoms with Crippen LogP contribution in [-0.2, 0) is 23.8 Å². The third-order valence-electron chi connectivity index (χ3n) is 2.28. The Hall–Kier alpha value is -0.908. The molecule has 1 aromatic heterocycles. The largest absolute Gasteiger partial charge is 0.305 e. The number of rotatable bonds is 1. The van der Waals surface area contributed by atoms with E-state index in [1.807, 2.05) is 17.1 Å². The van der Waals surface area contributed by atoms with Crippen LogP contribution in [0.4, 0.5) is 0 Å². The van der Waals surface area contributed by atoms with Gasteiger partial charge in [0.05, 0.1) is 6.20 Å². The zero-order valence-electron chi connectivity index (χ0n) is 8.40. The minimum absolute atomic E-state index is 0. The molecule has 0 saturated carbocycles. The van der Waals surface area contributed by atoms with Crippen LogP contribution in [0.3, 0.4) is 0 Å². The molecule has 0 radical (unpaired) electrons. The van der Waals surface area contributed by atoms with Crippen LogP contribution in [0, 0.1) is 5.92 Å². The second-order valence-electron chi connectivity index (χ2n) is 3.25. The maximum Gasteiger partial charge on any atom is 0.0508 e. The summed E-state index contributed by atoms with van der Waals surface area (Å²) in [4.78, 5) is 0. The minimum Gasteiger partial charge on any atom is -0.305 e. The molecule has 0 unspecified atom stereocenters. The summed E-state index contributed by atoms with van der Waals surface area (Å²) in [5.74, 6) is 1.26. The normalized spacial score (nSPS) is 13.4. The van der Waals surface area contributed by atoms with Gasteiger partial charge in [-0.25, -0.2) is 0 Å². The monoisotopic (exact) mass is 225 g/mol. The molecule has 0 amide bonds. The molecular formula is C11H13CrN2-. The Morgan fingerprint density at radius 2 is 2.21 bits per heavy atom. The van der Waals surface area contributed by atoms with E-state index in [0.29, 0.717) is 0 Å². The van der Waals surface area contributed by atoms with Gasteiger partial charge in [-0.3, -0.25) is 0 Å². The summed E-state index contributed by atoms with van der Waals surface area (Å²) in [6, 6.07) is 0. The van der Waals surface area contributed by atoms with Gasteiger partial charge in [-0.1, -0.05) is 20.0 Å². The van der Waals surface area contributed by atoms with Crippen molar-refractivity contribution in [2.24, 2.45) is 0 Å². The van der Waals surface area contributed by atoms with Gasteiger partial charge in [0.2, 0.25) is 0 Å². The molecule has 2 heterocycles. The van der Waals surface area contributed by atoms with Crippen LogP contribution in [0.15, 0.2) is 18.3 Å². The van der Waals surface area contributed by atoms with E-state index in [2.05, 4.69) is 37.2 Å². The Balaban J connectivity index is 0.000000980. The summed E-state index contributed by atoms with van der Waals surface area (Å²) < 4.78 is 1.92. The summed E-state index contributed by atoms with van der Waals surface area (Å²) in [6.45, 7) is 4.24. The predicted octanol–water partition coefficient (Wildman–Crippen LogP) is 2.53. The molecule has 0 spiro atoms. The topological polar surface area (TPSA) is 17.8 Å². The predicted molar refractivity (Wildman–Crippen MR) is 54.9 cm³/mol. The average molecular weight is 225 g/mol. The fourth-order valence-corrected chi connectivity index (χ4v) is 1.44. The molecule has 0 aliphatic carbocycles. The van der Waals surface area contributed by atoms with E-state index < -0.39 is 0 Å². The molecule has 1 aromatic rings. The van der Waals surface area contributed by atoms with E-state index in [0.717, 1.165) is 6.42 Å². The van der Waals surface area contributed by atoms with E-state index in [1.165, 1.54) is 17.2 Å². The summed E-state index contributed by atoms with van der Waals surface area (Å²) in [6.07, 6.45) is 11.3. The Bertz CT molecular complexity index is 363. The number of hydrogen-bond acceptors (Lipinski definition) is 1. The molecule has 1 aliphatic heterocycles. The van der Waals surface area contributed by atoms with Gasteiger partial charge in [-0.05, 0) is 12.0 Å². The van der Waals surface area contributed by atoms with Crippen LogP contribution in [0.25, 0.3) is 12.3 Å². The second kappa shape index (κ2) is 4.55. The van der Waals surface area contributed by atoms with Gasteiger partial charge in [0.1, 0.15) is 0 Å². The van der Waals surface area contributed by atoms with E-state index in [9.17, 15) is 0 Å². The first-order chi connectivity index (χ1) is 6.31. The second-order valence-corrected chi connectivity index (χ2v) is 3.25. The van der Waals surface area contributed by atoms with Crippen LogP contribution in [0.2, 0.25) is 0 Å². The molecule has 2 nitrogen and oxygen atoms in total. The molecule has 0 fully saturated rings. The number of aromatic nitrogens is 2. The average Bonchev–Trinajstić information content (AvgIpc) is 2.45. The summed E-state index contributed by atoms with van der Waals surface area (Å²) in [5, 5.41) is 4.29. The van der Waals surface area contributed by atoms with Crippen molar-refractivity contribution in [2.75, 3.05) is 0 Å². The maximum absolute atomic E-state index is 4.29. The fraction of sp³-hybridized carbons (Fsp3) is 0.273. The summed E-state index contributed by atoms with van der Waals surface area (Å²) in [7, 11) is 0. The van der Waals surface area contributed by atoms with Crippen molar-refractivity contribution < 1.29 is 17.4 Å². The van der Waals surface area contributed by atoms with Gasteiger partial charge in [0, 0.05) is 23.1 Å². The SMILES string of the molecule is CCc1cnn2c1C=C[C-](C)C=C2.[Cr]. The zero-order valence-corrected chi connectivity index (χ0v) is 9.67. The molecule has 0 atom stereocenters. The molecule has 14 heavy (non-hydrogen) atoms. The standard InChI is InChI=1S/C11H13N2.Cr/c1-3-10-8-12-13-7-6-9(2)4-5-11(10)13;/h4-8H,3H2,1-2H3;/q-1;. The van der Waals surface area contributed by atoms with Crippen molar-refractivity contribution in [1.82, 2.24) is 9.78 Å². The molecule has 74 valence electrons. The first kappa shape index (κ1) is 11.2. The van der Waals surface area contributed by atoms with Gasteiger partial charge < -0.3 is 4.68 Å². The third kappa shape index (κ3) is 1.95. The Labute approximate surface area is 95.4 Å². The molecule has 1 aliphatic rings. The van der Waals surface area contributed by atoms with Gasteiger partial charge in [0.15, 0.2) is 0 Å². The van der Waals surface area contributed by atoms with Crippen molar-refractivity contribution in [3.8, 4) is 0 Å². The van der Waals surface area contributed by atoms with Gasteiger partial charge in [-0.15, -0.1) is 6.08 Å². The van der Waals surface area contributed by atoms with E-state index in [4.69, 9.17) is 0 Å². The number of hydrogen-bond donors (Lipinski definition) is 0. The first-order valence-electron chi connectivity index (χ1n) is 4.57. The quantitative estimate of drug-likeness (QED) is 0.671. The van der Waals surface area contributed by atoms with Gasteiger partial charge in [0.25, 0.3) is 0 Å². The van der Waals surface area contributed by atoms with Crippen LogP contribution in [0.5, 0.6) is 0 Å². The van der Waals surface area contributed by atoms with Gasteiger partial charge in [-0.2, -0.15) is 23.2 Å². The minimum atomic E-state index is 0. The van der Waals surface area contributed by atoms with Crippen molar-refractivity contribution in [3.63, 3.8) is 0 Å². The number of allylic oxidation sites excluding steroid dienone is 2. The van der Waals surface area contributed by atoms with Crippen LogP contribution in [-0.4, -0.2) is 9.78 Å². The number of fused-ring (bicyclic) bond motifs is 1. The first-order valence-corrected chi connectivity index (χ1v) is 4.57. The van der Waals surface area contributed by atoms with E-state index >= 15 is 0 Å². The molecule has 0 N–H and O–H groups in total. The van der Waals surface area contributed by atoms with E-state index in [1.54, 1.807) is 0 Å². The maximum atomic E-state index is 4.29. The Kier molecular flexibility index (Phi) is 3.63.